The van der Waals surface area contributed by atoms with E-state index in [9.17, 15) is 4.79 Å². The normalized spacial score (nSPS) is 29.1. The average molecular weight is 189 g/mol. The Labute approximate surface area is 75.7 Å². The molecule has 0 aromatic heterocycles. The molecule has 1 saturated heterocycles. The number of carbonyl (C=O) groups excluding carboxylic acids is 1. The van der Waals surface area contributed by atoms with E-state index in [-0.39, 0.29) is 5.72 Å². The number of nitrogens with zero attached hydrogens (tertiary/aromatic N) is 1. The minimum Gasteiger partial charge on any atom is -0.359 e. The van der Waals surface area contributed by atoms with Gasteiger partial charge in [0, 0.05) is 12.5 Å². The Morgan fingerprint density at radius 2 is 2.42 bits per heavy atom. The molecule has 1 aliphatic heterocycles. The summed E-state index contributed by atoms with van der Waals surface area (Å²) in [5.41, 5.74) is -0.196. The molecule has 0 aliphatic carbocycles. The molecule has 1 heterocycles. The summed E-state index contributed by atoms with van der Waals surface area (Å²) < 4.78 is 7.66. The van der Waals surface area contributed by atoms with Crippen LogP contribution < -0.4 is 0 Å². The second-order valence-corrected chi connectivity index (χ2v) is 4.12. The van der Waals surface area contributed by atoms with Crippen molar-refractivity contribution >= 4 is 15.7 Å². The molecule has 4 heteroatoms. The second-order valence-electron chi connectivity index (χ2n) is 3.56. The largest absolute Gasteiger partial charge is 0.359 e. The SMILES string of the molecule is CC1(C)OC[C@H](CCC=O)N1P. The van der Waals surface area contributed by atoms with E-state index in [1.807, 2.05) is 13.8 Å². The van der Waals surface area contributed by atoms with Crippen LogP contribution in [0.2, 0.25) is 0 Å². The third-order valence-electron chi connectivity index (χ3n) is 2.26. The van der Waals surface area contributed by atoms with Crippen LogP contribution in [0.1, 0.15) is 26.7 Å². The molecule has 70 valence electrons. The van der Waals surface area contributed by atoms with Gasteiger partial charge < -0.3 is 9.53 Å². The van der Waals surface area contributed by atoms with Gasteiger partial charge in [0.1, 0.15) is 12.0 Å². The predicted molar refractivity (Wildman–Crippen MR) is 50.7 cm³/mol. The van der Waals surface area contributed by atoms with Crippen LogP contribution in [0, 0.1) is 0 Å². The topological polar surface area (TPSA) is 29.5 Å². The van der Waals surface area contributed by atoms with E-state index in [0.717, 1.165) is 19.3 Å². The fourth-order valence-electron chi connectivity index (χ4n) is 1.38. The van der Waals surface area contributed by atoms with Crippen molar-refractivity contribution in [1.29, 1.82) is 0 Å². The standard InChI is InChI=1S/C8H16NO2P/c1-8(2)9(12)7(6-11-8)4-3-5-10/h5,7H,3-4,6,12H2,1-2H3/t7-/m0/s1. The van der Waals surface area contributed by atoms with Crippen molar-refractivity contribution < 1.29 is 9.53 Å². The van der Waals surface area contributed by atoms with Crippen molar-refractivity contribution in [2.45, 2.75) is 38.5 Å². The van der Waals surface area contributed by atoms with Gasteiger partial charge in [-0.2, -0.15) is 0 Å². The van der Waals surface area contributed by atoms with Crippen molar-refractivity contribution in [3.63, 3.8) is 0 Å². The maximum atomic E-state index is 10.2. The highest BCUT2D eigenvalue weighted by Gasteiger charge is 2.37. The van der Waals surface area contributed by atoms with Gasteiger partial charge in [-0.15, -0.1) is 0 Å². The summed E-state index contributed by atoms with van der Waals surface area (Å²) in [6.07, 6.45) is 2.47. The monoisotopic (exact) mass is 189 g/mol. The molecule has 0 N–H and O–H groups in total. The summed E-state index contributed by atoms with van der Waals surface area (Å²) in [5, 5.41) is 0. The molecular formula is C8H16NO2P. The molecule has 1 fully saturated rings. The van der Waals surface area contributed by atoms with E-state index in [0.29, 0.717) is 12.5 Å². The van der Waals surface area contributed by atoms with E-state index < -0.39 is 0 Å². The first-order valence-electron chi connectivity index (χ1n) is 4.19. The first-order valence-corrected chi connectivity index (χ1v) is 4.71. The van der Waals surface area contributed by atoms with Crippen LogP contribution in [-0.2, 0) is 9.53 Å². The van der Waals surface area contributed by atoms with Gasteiger partial charge in [-0.3, -0.25) is 4.67 Å². The zero-order valence-corrected chi connectivity index (χ0v) is 8.77. The van der Waals surface area contributed by atoms with Crippen LogP contribution in [0.25, 0.3) is 0 Å². The molecular weight excluding hydrogens is 173 g/mol. The molecule has 1 aliphatic rings. The van der Waals surface area contributed by atoms with E-state index in [1.165, 1.54) is 0 Å². The van der Waals surface area contributed by atoms with Crippen molar-refractivity contribution in [2.75, 3.05) is 6.61 Å². The maximum Gasteiger partial charge on any atom is 0.120 e. The van der Waals surface area contributed by atoms with Crippen molar-refractivity contribution in [3.8, 4) is 0 Å². The number of ether oxygens (including phenoxy) is 1. The number of carbonyl (C=O) groups is 1. The first kappa shape index (κ1) is 10.1. The van der Waals surface area contributed by atoms with Gasteiger partial charge in [0.25, 0.3) is 0 Å². The van der Waals surface area contributed by atoms with Gasteiger partial charge in [-0.05, 0) is 20.3 Å². The number of hydrogen-bond acceptors (Lipinski definition) is 3. The van der Waals surface area contributed by atoms with E-state index in [4.69, 9.17) is 4.74 Å². The second kappa shape index (κ2) is 3.82. The van der Waals surface area contributed by atoms with Crippen molar-refractivity contribution in [1.82, 2.24) is 4.67 Å². The molecule has 0 bridgehead atoms. The molecule has 0 aromatic rings. The molecule has 3 nitrogen and oxygen atoms in total. The summed E-state index contributed by atoms with van der Waals surface area (Å²) in [6.45, 7) is 4.78. The fourth-order valence-corrected chi connectivity index (χ4v) is 1.69. The summed E-state index contributed by atoms with van der Waals surface area (Å²) in [7, 11) is 2.67. The Morgan fingerprint density at radius 1 is 1.75 bits per heavy atom. The molecule has 0 amide bonds. The van der Waals surface area contributed by atoms with Crippen LogP contribution in [0.5, 0.6) is 0 Å². The Kier molecular flexibility index (Phi) is 3.22. The number of hydrogen-bond donors (Lipinski definition) is 0. The van der Waals surface area contributed by atoms with Crippen LogP contribution in [0.15, 0.2) is 0 Å². The Bertz CT molecular complexity index is 172. The molecule has 0 spiro atoms. The Morgan fingerprint density at radius 3 is 2.83 bits per heavy atom. The lowest BCUT2D eigenvalue weighted by molar-refractivity contribution is -0.108. The lowest BCUT2D eigenvalue weighted by atomic mass is 10.2. The van der Waals surface area contributed by atoms with Gasteiger partial charge in [0.2, 0.25) is 0 Å². The average Bonchev–Trinajstić information content (AvgIpc) is 2.26. The molecule has 1 rings (SSSR count). The smallest absolute Gasteiger partial charge is 0.120 e. The summed E-state index contributed by atoms with van der Waals surface area (Å²) >= 11 is 0. The van der Waals surface area contributed by atoms with E-state index in [1.54, 1.807) is 0 Å². The fraction of sp³-hybridized carbons (Fsp3) is 0.875. The molecule has 1 unspecified atom stereocenters. The number of rotatable bonds is 3. The minimum atomic E-state index is -0.196. The highest BCUT2D eigenvalue weighted by Crippen LogP contribution is 2.32. The quantitative estimate of drug-likeness (QED) is 0.493. The van der Waals surface area contributed by atoms with Crippen molar-refractivity contribution in [2.24, 2.45) is 0 Å². The first-order chi connectivity index (χ1) is 5.58. The molecule has 0 radical (unpaired) electrons. The lowest BCUT2D eigenvalue weighted by Gasteiger charge is -2.28. The molecule has 2 atom stereocenters. The highest BCUT2D eigenvalue weighted by atomic mass is 31.0. The van der Waals surface area contributed by atoms with Gasteiger partial charge >= 0.3 is 0 Å². The van der Waals surface area contributed by atoms with Crippen LogP contribution in [0.3, 0.4) is 0 Å². The summed E-state index contributed by atoms with van der Waals surface area (Å²) in [6, 6.07) is 0.371. The van der Waals surface area contributed by atoms with Gasteiger partial charge in [-0.25, -0.2) is 0 Å². The highest BCUT2D eigenvalue weighted by molar-refractivity contribution is 7.13. The number of aldehydes is 1. The van der Waals surface area contributed by atoms with Crippen LogP contribution in [-0.4, -0.2) is 29.3 Å². The summed E-state index contributed by atoms with van der Waals surface area (Å²) in [5.74, 6) is 0. The van der Waals surface area contributed by atoms with Crippen molar-refractivity contribution in [3.05, 3.63) is 0 Å². The van der Waals surface area contributed by atoms with Gasteiger partial charge in [0.05, 0.1) is 6.61 Å². The predicted octanol–water partition coefficient (Wildman–Crippen LogP) is 1.19. The lowest BCUT2D eigenvalue weighted by Crippen LogP contribution is -2.35. The minimum absolute atomic E-state index is 0.196. The van der Waals surface area contributed by atoms with Gasteiger partial charge in [-0.1, -0.05) is 9.39 Å². The summed E-state index contributed by atoms with van der Waals surface area (Å²) in [4.78, 5) is 10.2. The maximum absolute atomic E-state index is 10.2. The zero-order valence-electron chi connectivity index (χ0n) is 7.62. The Balaban J connectivity index is 2.43. The van der Waals surface area contributed by atoms with Gasteiger partial charge in [0.15, 0.2) is 0 Å². The Hall–Kier alpha value is 0.0200. The van der Waals surface area contributed by atoms with E-state index in [2.05, 4.69) is 14.1 Å². The van der Waals surface area contributed by atoms with E-state index >= 15 is 0 Å². The molecule has 12 heavy (non-hydrogen) atoms. The van der Waals surface area contributed by atoms with Crippen LogP contribution in [0.4, 0.5) is 0 Å². The molecule has 0 saturated carbocycles. The van der Waals surface area contributed by atoms with Crippen LogP contribution >= 0.6 is 9.39 Å². The molecule has 0 aromatic carbocycles. The third-order valence-corrected chi connectivity index (χ3v) is 3.31. The zero-order chi connectivity index (χ0) is 9.19. The third kappa shape index (κ3) is 2.03.